The molecule has 1 saturated carbocycles. The minimum atomic E-state index is 0.170. The van der Waals surface area contributed by atoms with Gasteiger partial charge in [0, 0.05) is 30.2 Å². The predicted octanol–water partition coefficient (Wildman–Crippen LogP) is 3.92. The molecule has 0 saturated heterocycles. The molecular formula is C17H24N2O. The summed E-state index contributed by atoms with van der Waals surface area (Å²) in [5.41, 5.74) is 1.99. The van der Waals surface area contributed by atoms with Crippen molar-refractivity contribution in [3.63, 3.8) is 0 Å². The summed E-state index contributed by atoms with van der Waals surface area (Å²) in [5.74, 6) is 0.997. The number of aromatic nitrogens is 2. The van der Waals surface area contributed by atoms with Crippen LogP contribution in [0.1, 0.15) is 56.9 Å². The van der Waals surface area contributed by atoms with Gasteiger partial charge in [0.2, 0.25) is 0 Å². The molecule has 0 atom stereocenters. The summed E-state index contributed by atoms with van der Waals surface area (Å²) in [6.07, 6.45) is 17.6. The predicted molar refractivity (Wildman–Crippen MR) is 82.1 cm³/mol. The van der Waals surface area contributed by atoms with Crippen molar-refractivity contribution in [3.05, 3.63) is 40.4 Å². The molecule has 2 aromatic rings. The Balaban J connectivity index is 1.47. The van der Waals surface area contributed by atoms with Gasteiger partial charge in [-0.25, -0.2) is 0 Å². The molecule has 2 aromatic heterocycles. The van der Waals surface area contributed by atoms with E-state index in [-0.39, 0.29) is 5.43 Å². The number of H-pyrrole nitrogens is 1. The zero-order chi connectivity index (χ0) is 13.8. The molecule has 0 amide bonds. The maximum Gasteiger partial charge on any atom is 0.186 e. The Hall–Kier alpha value is -1.51. The van der Waals surface area contributed by atoms with Gasteiger partial charge in [0.1, 0.15) is 5.65 Å². The Morgan fingerprint density at radius 1 is 1.20 bits per heavy atom. The lowest BCUT2D eigenvalue weighted by Gasteiger charge is -2.08. The molecule has 108 valence electrons. The van der Waals surface area contributed by atoms with Gasteiger partial charge in [-0.05, 0) is 18.8 Å². The molecule has 0 unspecified atom stereocenters. The first-order valence-corrected chi connectivity index (χ1v) is 8.01. The van der Waals surface area contributed by atoms with Crippen molar-refractivity contribution in [3.8, 4) is 0 Å². The van der Waals surface area contributed by atoms with Crippen LogP contribution in [0.5, 0.6) is 0 Å². The van der Waals surface area contributed by atoms with Crippen molar-refractivity contribution in [2.24, 2.45) is 5.92 Å². The molecule has 1 N–H and O–H groups in total. The molecule has 2 heterocycles. The van der Waals surface area contributed by atoms with E-state index in [1.807, 2.05) is 23.0 Å². The van der Waals surface area contributed by atoms with E-state index in [2.05, 4.69) is 4.98 Å². The van der Waals surface area contributed by atoms with Gasteiger partial charge in [-0.2, -0.15) is 0 Å². The highest BCUT2D eigenvalue weighted by molar-refractivity contribution is 5.39. The number of unbranched alkanes of at least 4 members (excludes halogenated alkanes) is 2. The topological polar surface area (TPSA) is 37.3 Å². The first-order valence-electron chi connectivity index (χ1n) is 8.01. The lowest BCUT2D eigenvalue weighted by molar-refractivity contribution is 0.468. The largest absolute Gasteiger partial charge is 0.346 e. The van der Waals surface area contributed by atoms with Crippen LogP contribution in [-0.2, 0) is 6.42 Å². The number of pyridine rings is 1. The average Bonchev–Trinajstić information content (AvgIpc) is 3.09. The summed E-state index contributed by atoms with van der Waals surface area (Å²) in [6, 6.07) is 1.70. The SMILES string of the molecule is O=c1cc2[nH]ccn2cc1CCCCCC1CCCC1. The number of imidazole rings is 1. The van der Waals surface area contributed by atoms with Crippen LogP contribution in [0.2, 0.25) is 0 Å². The molecule has 0 radical (unpaired) electrons. The molecule has 3 heteroatoms. The Kier molecular flexibility index (Phi) is 4.24. The fraction of sp³-hybridized carbons (Fsp3) is 0.588. The molecule has 20 heavy (non-hydrogen) atoms. The van der Waals surface area contributed by atoms with Gasteiger partial charge in [-0.3, -0.25) is 4.79 Å². The van der Waals surface area contributed by atoms with Gasteiger partial charge in [-0.15, -0.1) is 0 Å². The van der Waals surface area contributed by atoms with E-state index in [0.29, 0.717) is 0 Å². The van der Waals surface area contributed by atoms with Gasteiger partial charge < -0.3 is 9.38 Å². The summed E-state index contributed by atoms with van der Waals surface area (Å²) in [7, 11) is 0. The van der Waals surface area contributed by atoms with E-state index in [1.54, 1.807) is 6.07 Å². The first kappa shape index (κ1) is 13.5. The zero-order valence-electron chi connectivity index (χ0n) is 12.1. The lowest BCUT2D eigenvalue weighted by atomic mass is 9.99. The second kappa shape index (κ2) is 6.29. The summed E-state index contributed by atoms with van der Waals surface area (Å²) in [6.45, 7) is 0. The molecule has 1 fully saturated rings. The zero-order valence-corrected chi connectivity index (χ0v) is 12.1. The molecule has 3 nitrogen and oxygen atoms in total. The van der Waals surface area contributed by atoms with Crippen LogP contribution in [0, 0.1) is 5.92 Å². The van der Waals surface area contributed by atoms with Crippen LogP contribution in [0.4, 0.5) is 0 Å². The average molecular weight is 272 g/mol. The molecule has 0 aliphatic heterocycles. The van der Waals surface area contributed by atoms with E-state index in [1.165, 1.54) is 44.9 Å². The highest BCUT2D eigenvalue weighted by Gasteiger charge is 2.13. The fourth-order valence-corrected chi connectivity index (χ4v) is 3.45. The van der Waals surface area contributed by atoms with Crippen LogP contribution < -0.4 is 5.43 Å². The minimum Gasteiger partial charge on any atom is -0.346 e. The number of hydrogen-bond donors (Lipinski definition) is 1. The quantitative estimate of drug-likeness (QED) is 0.795. The molecule has 0 spiro atoms. The molecule has 0 aromatic carbocycles. The second-order valence-electron chi connectivity index (χ2n) is 6.17. The van der Waals surface area contributed by atoms with Gasteiger partial charge >= 0.3 is 0 Å². The summed E-state index contributed by atoms with van der Waals surface area (Å²) < 4.78 is 2.00. The summed E-state index contributed by atoms with van der Waals surface area (Å²) in [5, 5.41) is 0. The second-order valence-corrected chi connectivity index (χ2v) is 6.17. The van der Waals surface area contributed by atoms with E-state index < -0.39 is 0 Å². The lowest BCUT2D eigenvalue weighted by Crippen LogP contribution is -2.09. The highest BCUT2D eigenvalue weighted by atomic mass is 16.1. The van der Waals surface area contributed by atoms with Crippen LogP contribution in [0.15, 0.2) is 29.5 Å². The van der Waals surface area contributed by atoms with Crippen LogP contribution in [-0.4, -0.2) is 9.38 Å². The minimum absolute atomic E-state index is 0.170. The maximum absolute atomic E-state index is 12.0. The van der Waals surface area contributed by atoms with E-state index >= 15 is 0 Å². The van der Waals surface area contributed by atoms with Crippen molar-refractivity contribution < 1.29 is 0 Å². The van der Waals surface area contributed by atoms with Gasteiger partial charge in [0.25, 0.3) is 0 Å². The number of aromatic amines is 1. The number of hydrogen-bond acceptors (Lipinski definition) is 1. The van der Waals surface area contributed by atoms with Gasteiger partial charge in [-0.1, -0.05) is 44.9 Å². The van der Waals surface area contributed by atoms with Crippen molar-refractivity contribution in [1.82, 2.24) is 9.38 Å². The molecule has 1 aliphatic carbocycles. The van der Waals surface area contributed by atoms with Crippen molar-refractivity contribution in [2.75, 3.05) is 0 Å². The summed E-state index contributed by atoms with van der Waals surface area (Å²) >= 11 is 0. The van der Waals surface area contributed by atoms with Crippen LogP contribution in [0.25, 0.3) is 5.65 Å². The monoisotopic (exact) mass is 272 g/mol. The van der Waals surface area contributed by atoms with Crippen LogP contribution >= 0.6 is 0 Å². The Labute approximate surface area is 120 Å². The Bertz CT molecular complexity index is 605. The van der Waals surface area contributed by atoms with E-state index in [9.17, 15) is 4.79 Å². The number of nitrogens with one attached hydrogen (secondary N) is 1. The van der Waals surface area contributed by atoms with Crippen LogP contribution in [0.3, 0.4) is 0 Å². The van der Waals surface area contributed by atoms with Crippen molar-refractivity contribution in [2.45, 2.75) is 57.8 Å². The Morgan fingerprint density at radius 2 is 2.05 bits per heavy atom. The third kappa shape index (κ3) is 3.14. The third-order valence-electron chi connectivity index (χ3n) is 4.66. The third-order valence-corrected chi connectivity index (χ3v) is 4.66. The summed E-state index contributed by atoms with van der Waals surface area (Å²) in [4.78, 5) is 15.0. The first-order chi connectivity index (χ1) is 9.83. The van der Waals surface area contributed by atoms with E-state index in [0.717, 1.165) is 30.0 Å². The fourth-order valence-electron chi connectivity index (χ4n) is 3.45. The number of aryl methyl sites for hydroxylation is 1. The molecular weight excluding hydrogens is 248 g/mol. The van der Waals surface area contributed by atoms with E-state index in [4.69, 9.17) is 0 Å². The number of fused-ring (bicyclic) bond motifs is 1. The highest BCUT2D eigenvalue weighted by Crippen LogP contribution is 2.29. The van der Waals surface area contributed by atoms with Crippen molar-refractivity contribution >= 4 is 5.65 Å². The molecule has 0 bridgehead atoms. The molecule has 3 rings (SSSR count). The van der Waals surface area contributed by atoms with Crippen molar-refractivity contribution in [1.29, 1.82) is 0 Å². The van der Waals surface area contributed by atoms with Gasteiger partial charge in [0.15, 0.2) is 5.43 Å². The smallest absolute Gasteiger partial charge is 0.186 e. The number of nitrogens with zero attached hydrogens (tertiary/aromatic N) is 1. The van der Waals surface area contributed by atoms with Gasteiger partial charge in [0.05, 0.1) is 0 Å². The number of rotatable bonds is 6. The standard InChI is InChI=1S/C17H24N2O/c20-16-12-17-18-10-11-19(17)13-15(16)9-3-1-2-6-14-7-4-5-8-14/h10-14,18H,1-9H2. The Morgan fingerprint density at radius 3 is 2.90 bits per heavy atom. The maximum atomic E-state index is 12.0. The normalized spacial score (nSPS) is 16.2. The molecule has 1 aliphatic rings.